The summed E-state index contributed by atoms with van der Waals surface area (Å²) < 4.78 is 43.1. The first-order valence-electron chi connectivity index (χ1n) is 4.65. The van der Waals surface area contributed by atoms with E-state index in [1.54, 1.807) is 0 Å². The van der Waals surface area contributed by atoms with Gasteiger partial charge >= 0.3 is 6.18 Å². The highest BCUT2D eigenvalue weighted by Gasteiger charge is 2.39. The summed E-state index contributed by atoms with van der Waals surface area (Å²) in [4.78, 5) is 10.4. The number of aliphatic hydroxyl groups is 1. The highest BCUT2D eigenvalue weighted by molar-refractivity contribution is 5.73. The summed E-state index contributed by atoms with van der Waals surface area (Å²) >= 11 is 0. The lowest BCUT2D eigenvalue weighted by molar-refractivity contribution is -0.144. The number of alkyl halides is 3. The van der Waals surface area contributed by atoms with Crippen molar-refractivity contribution >= 4 is 6.29 Å². The van der Waals surface area contributed by atoms with E-state index in [4.69, 9.17) is 9.84 Å². The van der Waals surface area contributed by atoms with Crippen LogP contribution in [0.3, 0.4) is 0 Å². The van der Waals surface area contributed by atoms with Crippen molar-refractivity contribution in [2.24, 2.45) is 0 Å². The van der Waals surface area contributed by atoms with Crippen molar-refractivity contribution in [1.29, 1.82) is 0 Å². The maximum Gasteiger partial charge on any atom is 0.435 e. The maximum absolute atomic E-state index is 12.6. The van der Waals surface area contributed by atoms with Crippen LogP contribution in [0.1, 0.15) is 16.2 Å². The number of hydrogen-bond acceptors (Lipinski definition) is 5. The largest absolute Gasteiger partial charge is 0.435 e. The van der Waals surface area contributed by atoms with Crippen molar-refractivity contribution in [3.8, 4) is 0 Å². The van der Waals surface area contributed by atoms with Gasteiger partial charge in [-0.05, 0) is 0 Å². The van der Waals surface area contributed by atoms with Gasteiger partial charge in [-0.2, -0.15) is 13.2 Å². The molecule has 0 saturated heterocycles. The lowest BCUT2D eigenvalue weighted by Gasteiger charge is -2.09. The summed E-state index contributed by atoms with van der Waals surface area (Å²) in [6, 6.07) is 0. The molecule has 1 aromatic heterocycles. The maximum atomic E-state index is 12.6. The molecule has 0 aromatic carbocycles. The van der Waals surface area contributed by atoms with Crippen LogP contribution >= 0.6 is 0 Å². The van der Waals surface area contributed by atoms with Gasteiger partial charge in [0.25, 0.3) is 0 Å². The van der Waals surface area contributed by atoms with Crippen LogP contribution in [0.4, 0.5) is 13.2 Å². The van der Waals surface area contributed by atoms with Gasteiger partial charge in [0.1, 0.15) is 0 Å². The van der Waals surface area contributed by atoms with Crippen LogP contribution < -0.4 is 0 Å². The van der Waals surface area contributed by atoms with Crippen molar-refractivity contribution < 1.29 is 27.8 Å². The minimum Gasteiger partial charge on any atom is -0.394 e. The molecule has 0 amide bonds. The Hall–Kier alpha value is -1.48. The van der Waals surface area contributed by atoms with Crippen molar-refractivity contribution in [3.05, 3.63) is 11.4 Å². The summed E-state index contributed by atoms with van der Waals surface area (Å²) in [5.74, 6) is 0. The van der Waals surface area contributed by atoms with Gasteiger partial charge in [-0.3, -0.25) is 4.79 Å². The van der Waals surface area contributed by atoms with Crippen LogP contribution in [0.2, 0.25) is 0 Å². The molecule has 1 heterocycles. The van der Waals surface area contributed by atoms with Gasteiger partial charge in [0.15, 0.2) is 17.7 Å². The van der Waals surface area contributed by atoms with Gasteiger partial charge in [0, 0.05) is 0 Å². The average Bonchev–Trinajstić information content (AvgIpc) is 2.67. The van der Waals surface area contributed by atoms with Gasteiger partial charge in [-0.1, -0.05) is 5.21 Å². The molecule has 0 saturated carbocycles. The third-order valence-electron chi connectivity index (χ3n) is 1.82. The second-order valence-corrected chi connectivity index (χ2v) is 3.00. The third kappa shape index (κ3) is 3.49. The van der Waals surface area contributed by atoms with E-state index in [-0.39, 0.29) is 32.7 Å². The number of aliphatic hydroxyl groups excluding tert-OH is 1. The summed E-state index contributed by atoms with van der Waals surface area (Å²) in [5.41, 5.74) is -1.94. The lowest BCUT2D eigenvalue weighted by Crippen LogP contribution is -2.19. The Kier molecular flexibility index (Phi) is 4.58. The molecule has 96 valence electrons. The molecule has 0 atom stereocenters. The molecular formula is C8H10F3N3O3. The Morgan fingerprint density at radius 2 is 2.12 bits per heavy atom. The summed E-state index contributed by atoms with van der Waals surface area (Å²) in [7, 11) is 0. The Morgan fingerprint density at radius 3 is 2.65 bits per heavy atom. The zero-order chi connectivity index (χ0) is 12.9. The van der Waals surface area contributed by atoms with Gasteiger partial charge in [0.05, 0.1) is 26.4 Å². The van der Waals surface area contributed by atoms with Gasteiger partial charge in [0.2, 0.25) is 0 Å². The van der Waals surface area contributed by atoms with E-state index >= 15 is 0 Å². The molecule has 0 bridgehead atoms. The number of hydrogen-bond donors (Lipinski definition) is 1. The van der Waals surface area contributed by atoms with Crippen LogP contribution in [0.15, 0.2) is 0 Å². The molecule has 1 N–H and O–H groups in total. The van der Waals surface area contributed by atoms with Gasteiger partial charge in [-0.25, -0.2) is 4.68 Å². The number of aldehydes is 1. The quantitative estimate of drug-likeness (QED) is 0.575. The summed E-state index contributed by atoms with van der Waals surface area (Å²) in [6.45, 7) is -0.458. The monoisotopic (exact) mass is 253 g/mol. The molecule has 9 heteroatoms. The van der Waals surface area contributed by atoms with Crippen molar-refractivity contribution in [1.82, 2.24) is 15.0 Å². The standard InChI is InChI=1S/C8H10F3N3O3/c9-8(10,11)7-6(5-16)12-13-14(7)1-3-17-4-2-15/h5,15H,1-4H2. The van der Waals surface area contributed by atoms with E-state index in [1.165, 1.54) is 0 Å². The van der Waals surface area contributed by atoms with Crippen LogP contribution in [0, 0.1) is 0 Å². The fraction of sp³-hybridized carbons (Fsp3) is 0.625. The average molecular weight is 253 g/mol. The first kappa shape index (κ1) is 13.6. The first-order chi connectivity index (χ1) is 8.00. The topological polar surface area (TPSA) is 77.2 Å². The fourth-order valence-electron chi connectivity index (χ4n) is 1.17. The molecule has 0 unspecified atom stereocenters. The third-order valence-corrected chi connectivity index (χ3v) is 1.82. The highest BCUT2D eigenvalue weighted by Crippen LogP contribution is 2.30. The predicted octanol–water partition coefficient (Wildman–Crippen LogP) is 0.118. The predicted molar refractivity (Wildman–Crippen MR) is 48.3 cm³/mol. The smallest absolute Gasteiger partial charge is 0.394 e. The number of carbonyl (C=O) groups is 1. The van der Waals surface area contributed by atoms with Crippen LogP contribution in [0.5, 0.6) is 0 Å². The molecule has 1 rings (SSSR count). The molecule has 6 nitrogen and oxygen atoms in total. The van der Waals surface area contributed by atoms with E-state index in [9.17, 15) is 18.0 Å². The molecule has 17 heavy (non-hydrogen) atoms. The van der Waals surface area contributed by atoms with E-state index in [2.05, 4.69) is 10.3 Å². The van der Waals surface area contributed by atoms with Crippen molar-refractivity contribution in [3.63, 3.8) is 0 Å². The Labute approximate surface area is 94.0 Å². The minimum atomic E-state index is -4.70. The number of nitrogens with zero attached hydrogens (tertiary/aromatic N) is 3. The second kappa shape index (κ2) is 5.73. The molecular weight excluding hydrogens is 243 g/mol. The molecule has 1 aromatic rings. The summed E-state index contributed by atoms with van der Waals surface area (Å²) in [5, 5.41) is 14.7. The molecule has 0 aliphatic rings. The van der Waals surface area contributed by atoms with E-state index in [0.717, 1.165) is 0 Å². The zero-order valence-electron chi connectivity index (χ0n) is 8.65. The molecule has 0 aliphatic heterocycles. The Bertz CT molecular complexity index is 378. The SMILES string of the molecule is O=Cc1nnn(CCOCCO)c1C(F)(F)F. The number of ether oxygens (including phenoxy) is 1. The number of aromatic nitrogens is 3. The van der Waals surface area contributed by atoms with E-state index < -0.39 is 17.6 Å². The number of halogens is 3. The van der Waals surface area contributed by atoms with E-state index in [1.807, 2.05) is 0 Å². The normalized spacial score (nSPS) is 11.8. The number of carbonyl (C=O) groups excluding carboxylic acids is 1. The van der Waals surface area contributed by atoms with E-state index in [0.29, 0.717) is 4.68 Å². The second-order valence-electron chi connectivity index (χ2n) is 3.00. The molecule has 0 spiro atoms. The Balaban J connectivity index is 2.78. The molecule has 0 fully saturated rings. The van der Waals surface area contributed by atoms with Crippen molar-refractivity contribution in [2.75, 3.05) is 19.8 Å². The van der Waals surface area contributed by atoms with Crippen molar-refractivity contribution in [2.45, 2.75) is 12.7 Å². The lowest BCUT2D eigenvalue weighted by atomic mass is 10.3. The molecule has 0 radical (unpaired) electrons. The summed E-state index contributed by atoms with van der Waals surface area (Å²) in [6.07, 6.45) is -4.70. The highest BCUT2D eigenvalue weighted by atomic mass is 19.4. The number of rotatable bonds is 6. The van der Waals surface area contributed by atoms with Gasteiger partial charge in [-0.15, -0.1) is 5.10 Å². The van der Waals surface area contributed by atoms with Crippen LogP contribution in [0.25, 0.3) is 0 Å². The van der Waals surface area contributed by atoms with Crippen LogP contribution in [-0.4, -0.2) is 46.2 Å². The minimum absolute atomic E-state index is 0.000896. The Morgan fingerprint density at radius 1 is 1.41 bits per heavy atom. The van der Waals surface area contributed by atoms with Gasteiger partial charge < -0.3 is 9.84 Å². The fourth-order valence-corrected chi connectivity index (χ4v) is 1.17. The first-order valence-corrected chi connectivity index (χ1v) is 4.65. The molecule has 0 aliphatic carbocycles. The zero-order valence-corrected chi connectivity index (χ0v) is 8.65. The van der Waals surface area contributed by atoms with Crippen LogP contribution in [-0.2, 0) is 17.5 Å².